The summed E-state index contributed by atoms with van der Waals surface area (Å²) in [6, 6.07) is 0. The van der Waals surface area contributed by atoms with E-state index in [0.29, 0.717) is 38.3 Å². The van der Waals surface area contributed by atoms with Gasteiger partial charge in [0.2, 0.25) is 5.60 Å². The molecule has 13 nitrogen and oxygen atoms in total. The summed E-state index contributed by atoms with van der Waals surface area (Å²) < 4.78 is 16.7. The molecule has 2 saturated carbocycles. The third kappa shape index (κ3) is 7.08. The molecule has 0 bridgehead atoms. The van der Waals surface area contributed by atoms with Crippen LogP contribution in [0.3, 0.4) is 0 Å². The number of fused-ring (bicyclic) bond motifs is 1. The Labute approximate surface area is 270 Å². The molecule has 0 spiro atoms. The molecule has 5 aliphatic rings. The molecule has 258 valence electrons. The van der Waals surface area contributed by atoms with Gasteiger partial charge in [0.25, 0.3) is 0 Å². The zero-order chi connectivity index (χ0) is 33.2. The molecule has 0 aromatic rings. The lowest BCUT2D eigenvalue weighted by Crippen LogP contribution is -2.95. The number of rotatable bonds is 12. The van der Waals surface area contributed by atoms with Crippen LogP contribution >= 0.6 is 0 Å². The Bertz CT molecular complexity index is 1130. The largest absolute Gasteiger partial charge is 0.547 e. The number of nitrogens with two attached hydrogens (primary N) is 1. The SMILES string of the molecule is CC(C)[C@H](C[NH2+]C[C@@]1(O)[C@H](OC2CCC3C(C2)[OH+]CC(C2CCC(O)CC2)C3O)O[C@H](C(=O)[O-])[C@@H](O)[C@@]1(O)C=O)CC1=C[CH+]N=C1. The second-order valence-electron chi connectivity index (χ2n) is 14.5. The zero-order valence-corrected chi connectivity index (χ0v) is 26.8. The highest BCUT2D eigenvalue weighted by Gasteiger charge is 2.68. The van der Waals surface area contributed by atoms with Crippen molar-refractivity contribution in [3.8, 4) is 0 Å². The predicted octanol–water partition coefficient (Wildman–Crippen LogP) is -2.49. The van der Waals surface area contributed by atoms with Gasteiger partial charge in [-0.3, -0.25) is 4.79 Å². The second kappa shape index (κ2) is 14.7. The first-order chi connectivity index (χ1) is 21.9. The van der Waals surface area contributed by atoms with E-state index in [-0.39, 0.29) is 48.7 Å². The number of allylic oxidation sites excluding steroid dienone is 1. The Balaban J connectivity index is 1.28. The average molecular weight is 653 g/mol. The molecule has 0 aromatic heterocycles. The second-order valence-corrected chi connectivity index (χ2v) is 14.5. The monoisotopic (exact) mass is 652 g/mol. The number of aldehydes is 1. The van der Waals surface area contributed by atoms with Crippen molar-refractivity contribution in [3.05, 3.63) is 18.2 Å². The standard InChI is InChI=1S/C33H50N2O11/c1-18(2)21(11-19-9-10-34-13-19)14-35-16-32(42)31(46-28(30(40)41)29(39)33(32,43)17-36)45-23-7-8-24-26(12-23)44-15-25(27(24)38)20-3-5-22(37)6-4-20/h9-10,13,17-18,20-29,31,35,37-39,42-43H,3-8,11-12,14-16H2,1-2H3/p+2/t20?,21-,22?,23?,24?,25?,26?,27?,28-,29+,31+,32+,33-/m0/s1. The van der Waals surface area contributed by atoms with Crippen LogP contribution in [-0.4, -0.2) is 123 Å². The summed E-state index contributed by atoms with van der Waals surface area (Å²) in [6.07, 6.45) is 1.15. The number of aliphatic imine (C=N–C) groups is 1. The van der Waals surface area contributed by atoms with Crippen molar-refractivity contribution < 1.29 is 59.8 Å². The van der Waals surface area contributed by atoms with E-state index >= 15 is 0 Å². The normalized spacial score (nSPS) is 43.4. The number of carbonyl (C=O) groups excluding carboxylic acids is 2. The number of aliphatic carboxylic acids is 1. The quantitative estimate of drug-likeness (QED) is 0.0740. The fourth-order valence-corrected chi connectivity index (χ4v) is 8.29. The van der Waals surface area contributed by atoms with E-state index in [0.717, 1.165) is 37.7 Å². The summed E-state index contributed by atoms with van der Waals surface area (Å²) in [5, 5.41) is 69.1. The Hall–Kier alpha value is -1.94. The first kappa shape index (κ1) is 35.4. The average Bonchev–Trinajstić information content (AvgIpc) is 3.55. The molecule has 46 heavy (non-hydrogen) atoms. The van der Waals surface area contributed by atoms with Crippen LogP contribution in [-0.2, 0) is 19.1 Å². The number of aliphatic hydroxyl groups excluding tert-OH is 3. The van der Waals surface area contributed by atoms with E-state index in [1.807, 2.05) is 6.08 Å². The van der Waals surface area contributed by atoms with E-state index in [1.165, 1.54) is 0 Å². The van der Waals surface area contributed by atoms with E-state index < -0.39 is 47.9 Å². The molecule has 8 N–H and O–H groups in total. The highest BCUT2D eigenvalue weighted by molar-refractivity contribution is 5.82. The van der Waals surface area contributed by atoms with E-state index in [1.54, 1.807) is 18.1 Å². The van der Waals surface area contributed by atoms with Crippen LogP contribution in [0.2, 0.25) is 0 Å². The molecular weight excluding hydrogens is 600 g/mol. The van der Waals surface area contributed by atoms with Crippen LogP contribution in [0.4, 0.5) is 0 Å². The molecule has 11 atom stereocenters. The maximum atomic E-state index is 12.4. The molecule has 4 fully saturated rings. The van der Waals surface area contributed by atoms with E-state index in [9.17, 15) is 40.2 Å². The summed E-state index contributed by atoms with van der Waals surface area (Å²) in [6.45, 7) is 6.51. The van der Waals surface area contributed by atoms with Gasteiger partial charge in [0.1, 0.15) is 30.9 Å². The lowest BCUT2D eigenvalue weighted by atomic mass is 9.69. The minimum atomic E-state index is -2.93. The van der Waals surface area contributed by atoms with Crippen LogP contribution in [0.15, 0.2) is 16.6 Å². The number of hydrogen-bond donors (Lipinski definition) is 6. The molecule has 0 radical (unpaired) electrons. The maximum absolute atomic E-state index is 12.4. The molecule has 0 aromatic carbocycles. The predicted molar refractivity (Wildman–Crippen MR) is 162 cm³/mol. The third-order valence-corrected chi connectivity index (χ3v) is 11.4. The molecule has 3 aliphatic heterocycles. The van der Waals surface area contributed by atoms with Gasteiger partial charge in [-0.05, 0) is 50.4 Å². The van der Waals surface area contributed by atoms with Gasteiger partial charge in [-0.15, -0.1) is 4.99 Å². The molecule has 2 aliphatic carbocycles. The number of carboxylic acid groups (broad SMARTS) is 1. The Morgan fingerprint density at radius 1 is 1.20 bits per heavy atom. The number of hydrogen-bond acceptors (Lipinski definition) is 11. The van der Waals surface area contributed by atoms with Crippen molar-refractivity contribution in [1.82, 2.24) is 0 Å². The Kier molecular flexibility index (Phi) is 11.3. The highest BCUT2D eigenvalue weighted by atomic mass is 16.7. The van der Waals surface area contributed by atoms with Gasteiger partial charge >= 0.3 is 0 Å². The Morgan fingerprint density at radius 3 is 2.57 bits per heavy atom. The van der Waals surface area contributed by atoms with Gasteiger partial charge in [-0.2, -0.15) is 0 Å². The molecule has 5 unspecified atom stereocenters. The van der Waals surface area contributed by atoms with Crippen LogP contribution in [0.1, 0.15) is 65.2 Å². The molecule has 3 heterocycles. The first-order valence-electron chi connectivity index (χ1n) is 16.9. The minimum absolute atomic E-state index is 0.0338. The van der Waals surface area contributed by atoms with Gasteiger partial charge in [-0.25, -0.2) is 0 Å². The maximum Gasteiger partial charge on any atom is 0.203 e. The van der Waals surface area contributed by atoms with Crippen LogP contribution in [0.5, 0.6) is 0 Å². The summed E-state index contributed by atoms with van der Waals surface area (Å²) in [4.78, 5) is 28.4. The molecule has 2 saturated heterocycles. The van der Waals surface area contributed by atoms with Gasteiger partial charge in [-0.1, -0.05) is 13.8 Å². The van der Waals surface area contributed by atoms with Crippen molar-refractivity contribution in [2.24, 2.45) is 34.6 Å². The summed E-state index contributed by atoms with van der Waals surface area (Å²) >= 11 is 0. The van der Waals surface area contributed by atoms with Gasteiger partial charge in [0.15, 0.2) is 37.1 Å². The number of quaternary nitrogens is 1. The lowest BCUT2D eigenvalue weighted by Gasteiger charge is -2.53. The molecule has 5 rings (SSSR count). The number of aliphatic hydroxyl groups is 7. The summed E-state index contributed by atoms with van der Waals surface area (Å²) in [7, 11) is 0. The fourth-order valence-electron chi connectivity index (χ4n) is 8.29. The zero-order valence-electron chi connectivity index (χ0n) is 26.8. The number of carbonyl (C=O) groups is 2. The van der Waals surface area contributed by atoms with Crippen molar-refractivity contribution in [1.29, 1.82) is 0 Å². The van der Waals surface area contributed by atoms with Crippen molar-refractivity contribution in [3.63, 3.8) is 0 Å². The van der Waals surface area contributed by atoms with Crippen molar-refractivity contribution >= 4 is 18.5 Å². The van der Waals surface area contributed by atoms with E-state index in [4.69, 9.17) is 14.2 Å². The lowest BCUT2D eigenvalue weighted by molar-refractivity contribution is -0.682. The smallest absolute Gasteiger partial charge is 0.203 e. The fraction of sp³-hybridized carbons (Fsp3) is 0.818. The number of nitrogens with zero attached hydrogens (tertiary/aromatic N) is 1. The van der Waals surface area contributed by atoms with Gasteiger partial charge in [0.05, 0.1) is 48.7 Å². The summed E-state index contributed by atoms with van der Waals surface area (Å²) in [5.41, 5.74) is -4.38. The van der Waals surface area contributed by atoms with Gasteiger partial charge in [0, 0.05) is 18.8 Å². The van der Waals surface area contributed by atoms with Crippen LogP contribution < -0.4 is 10.4 Å². The Morgan fingerprint density at radius 2 is 1.93 bits per heavy atom. The van der Waals surface area contributed by atoms with Crippen molar-refractivity contribution in [2.45, 2.75) is 119 Å². The van der Waals surface area contributed by atoms with Crippen LogP contribution in [0.25, 0.3) is 0 Å². The highest BCUT2D eigenvalue weighted by Crippen LogP contribution is 2.44. The van der Waals surface area contributed by atoms with Gasteiger partial charge < -0.3 is 55.0 Å². The number of carboxylic acids is 1. The van der Waals surface area contributed by atoms with Crippen molar-refractivity contribution in [2.75, 3.05) is 19.7 Å². The molecular formula is C33H52N2O11+2. The van der Waals surface area contributed by atoms with Crippen LogP contribution in [0, 0.1) is 36.1 Å². The number of ether oxygens (including phenoxy) is 3. The first-order valence-corrected chi connectivity index (χ1v) is 16.9. The van der Waals surface area contributed by atoms with E-state index in [2.05, 4.69) is 18.8 Å². The third-order valence-electron chi connectivity index (χ3n) is 11.4. The topological polar surface area (TPSA) is 219 Å². The molecule has 13 heteroatoms. The summed E-state index contributed by atoms with van der Waals surface area (Å²) in [5.74, 6) is -1.20. The minimum Gasteiger partial charge on any atom is -0.547 e. The molecule has 0 amide bonds.